The number of benzene rings is 2. The summed E-state index contributed by atoms with van der Waals surface area (Å²) in [5.41, 5.74) is 2.60. The Labute approximate surface area is 199 Å². The smallest absolute Gasteiger partial charge is 0.231 e. The Morgan fingerprint density at radius 1 is 1.06 bits per heavy atom. The molecule has 3 amide bonds. The number of nitrogens with zero attached hydrogens (tertiary/aromatic N) is 3. The molecule has 1 atom stereocenters. The van der Waals surface area contributed by atoms with E-state index in [1.54, 1.807) is 40.9 Å². The Hall–Kier alpha value is -3.24. The van der Waals surface area contributed by atoms with Crippen molar-refractivity contribution in [1.29, 1.82) is 0 Å². The van der Waals surface area contributed by atoms with Crippen LogP contribution in [0.5, 0.6) is 0 Å². The summed E-state index contributed by atoms with van der Waals surface area (Å²) in [6.45, 7) is 1.73. The topological polar surface area (TPSA) is 104 Å². The van der Waals surface area contributed by atoms with Gasteiger partial charge in [0.15, 0.2) is 0 Å². The summed E-state index contributed by atoms with van der Waals surface area (Å²) in [6, 6.07) is 17.2. The molecule has 8 nitrogen and oxygen atoms in total. The molecule has 0 aliphatic carbocycles. The fourth-order valence-corrected chi connectivity index (χ4v) is 5.25. The van der Waals surface area contributed by atoms with E-state index in [1.807, 2.05) is 18.2 Å². The highest BCUT2D eigenvalue weighted by molar-refractivity contribution is 7.97. The van der Waals surface area contributed by atoms with Gasteiger partial charge >= 0.3 is 0 Å². The SMILES string of the molecule is CC(=O)Nc1ccc(N2CC(C(=O)Nc3nnc(CSCc4ccccc4)s3)CC2=O)cc1. The molecule has 1 aromatic heterocycles. The molecule has 0 spiro atoms. The summed E-state index contributed by atoms with van der Waals surface area (Å²) in [6.07, 6.45) is 0.137. The highest BCUT2D eigenvalue weighted by Gasteiger charge is 2.35. The van der Waals surface area contributed by atoms with Crippen molar-refractivity contribution in [3.05, 3.63) is 65.2 Å². The number of nitrogens with one attached hydrogen (secondary N) is 2. The van der Waals surface area contributed by atoms with Gasteiger partial charge < -0.3 is 15.5 Å². The Kier molecular flexibility index (Phi) is 7.36. The van der Waals surface area contributed by atoms with Gasteiger partial charge in [-0.15, -0.1) is 22.0 Å². The molecule has 10 heteroatoms. The van der Waals surface area contributed by atoms with Crippen molar-refractivity contribution in [2.24, 2.45) is 5.92 Å². The molecule has 0 bridgehead atoms. The fraction of sp³-hybridized carbons (Fsp3) is 0.261. The van der Waals surface area contributed by atoms with Crippen molar-refractivity contribution in [3.8, 4) is 0 Å². The predicted molar refractivity (Wildman–Crippen MR) is 131 cm³/mol. The largest absolute Gasteiger partial charge is 0.326 e. The maximum Gasteiger partial charge on any atom is 0.231 e. The summed E-state index contributed by atoms with van der Waals surface area (Å²) in [5, 5.41) is 15.0. The number of amides is 3. The minimum absolute atomic E-state index is 0.113. The second-order valence-corrected chi connectivity index (χ2v) is 9.65. The lowest BCUT2D eigenvalue weighted by molar-refractivity contribution is -0.122. The third-order valence-electron chi connectivity index (χ3n) is 5.03. The summed E-state index contributed by atoms with van der Waals surface area (Å²) >= 11 is 3.09. The van der Waals surface area contributed by atoms with Crippen LogP contribution in [0.1, 0.15) is 23.9 Å². The monoisotopic (exact) mass is 481 g/mol. The number of carbonyl (C=O) groups is 3. The molecule has 2 N–H and O–H groups in total. The predicted octanol–water partition coefficient (Wildman–Crippen LogP) is 3.92. The molecule has 33 heavy (non-hydrogen) atoms. The van der Waals surface area contributed by atoms with Crippen LogP contribution in [0, 0.1) is 5.92 Å². The molecule has 0 radical (unpaired) electrons. The van der Waals surface area contributed by atoms with Crippen molar-refractivity contribution in [3.63, 3.8) is 0 Å². The summed E-state index contributed by atoms with van der Waals surface area (Å²) in [7, 11) is 0. The highest BCUT2D eigenvalue weighted by atomic mass is 32.2. The van der Waals surface area contributed by atoms with Crippen LogP contribution in [0.2, 0.25) is 0 Å². The molecule has 3 aromatic rings. The molecule has 1 saturated heterocycles. The van der Waals surface area contributed by atoms with E-state index in [1.165, 1.54) is 23.8 Å². The minimum Gasteiger partial charge on any atom is -0.326 e. The average Bonchev–Trinajstić information content (AvgIpc) is 3.41. The van der Waals surface area contributed by atoms with Crippen molar-refractivity contribution in [2.45, 2.75) is 24.9 Å². The molecule has 4 rings (SSSR count). The molecule has 0 saturated carbocycles. The third kappa shape index (κ3) is 6.17. The summed E-state index contributed by atoms with van der Waals surface area (Å²) in [5.74, 6) is 0.622. The minimum atomic E-state index is -0.465. The van der Waals surface area contributed by atoms with Gasteiger partial charge in [-0.2, -0.15) is 0 Å². The van der Waals surface area contributed by atoms with E-state index in [-0.39, 0.29) is 24.1 Å². The number of hydrogen-bond donors (Lipinski definition) is 2. The highest BCUT2D eigenvalue weighted by Crippen LogP contribution is 2.28. The lowest BCUT2D eigenvalue weighted by Crippen LogP contribution is -2.28. The number of thioether (sulfide) groups is 1. The van der Waals surface area contributed by atoms with E-state index < -0.39 is 5.92 Å². The molecule has 1 aliphatic heterocycles. The van der Waals surface area contributed by atoms with E-state index in [9.17, 15) is 14.4 Å². The Morgan fingerprint density at radius 3 is 2.55 bits per heavy atom. The maximum atomic E-state index is 12.7. The Balaban J connectivity index is 1.28. The van der Waals surface area contributed by atoms with Crippen LogP contribution in [0.25, 0.3) is 0 Å². The number of anilines is 3. The van der Waals surface area contributed by atoms with Gasteiger partial charge in [-0.1, -0.05) is 41.7 Å². The normalized spacial score (nSPS) is 15.5. The van der Waals surface area contributed by atoms with Crippen LogP contribution in [-0.4, -0.2) is 34.5 Å². The van der Waals surface area contributed by atoms with E-state index in [0.717, 1.165) is 10.8 Å². The van der Waals surface area contributed by atoms with Gasteiger partial charge in [0.2, 0.25) is 22.9 Å². The van der Waals surface area contributed by atoms with Gasteiger partial charge in [0.25, 0.3) is 0 Å². The first-order chi connectivity index (χ1) is 16.0. The molecule has 2 heterocycles. The number of aromatic nitrogens is 2. The first-order valence-corrected chi connectivity index (χ1v) is 12.4. The molecule has 1 aliphatic rings. The van der Waals surface area contributed by atoms with E-state index in [0.29, 0.717) is 28.8 Å². The van der Waals surface area contributed by atoms with Crippen LogP contribution in [0.4, 0.5) is 16.5 Å². The van der Waals surface area contributed by atoms with Gasteiger partial charge in [-0.05, 0) is 29.8 Å². The average molecular weight is 482 g/mol. The quantitative estimate of drug-likeness (QED) is 0.505. The molecule has 170 valence electrons. The zero-order chi connectivity index (χ0) is 23.2. The second-order valence-electron chi connectivity index (χ2n) is 7.60. The van der Waals surface area contributed by atoms with Crippen LogP contribution in [0.15, 0.2) is 54.6 Å². The first-order valence-electron chi connectivity index (χ1n) is 10.4. The molecular formula is C23H23N5O3S2. The van der Waals surface area contributed by atoms with Crippen LogP contribution in [-0.2, 0) is 25.9 Å². The second kappa shape index (κ2) is 10.6. The van der Waals surface area contributed by atoms with Crippen molar-refractivity contribution in [1.82, 2.24) is 10.2 Å². The zero-order valence-corrected chi connectivity index (χ0v) is 19.6. The van der Waals surface area contributed by atoms with Gasteiger partial charge in [0, 0.05) is 42.8 Å². The van der Waals surface area contributed by atoms with Crippen molar-refractivity contribution in [2.75, 3.05) is 22.1 Å². The van der Waals surface area contributed by atoms with Crippen molar-refractivity contribution < 1.29 is 14.4 Å². The number of hydrogen-bond acceptors (Lipinski definition) is 7. The lowest BCUT2D eigenvalue weighted by Gasteiger charge is -2.17. The van der Waals surface area contributed by atoms with Gasteiger partial charge in [-0.25, -0.2) is 0 Å². The zero-order valence-electron chi connectivity index (χ0n) is 18.0. The van der Waals surface area contributed by atoms with Crippen molar-refractivity contribution >= 4 is 57.3 Å². The maximum absolute atomic E-state index is 12.7. The third-order valence-corrected chi connectivity index (χ3v) is 7.07. The number of carbonyl (C=O) groups excluding carboxylic acids is 3. The standard InChI is InChI=1S/C23H23N5O3S2/c1-15(29)24-18-7-9-19(10-8-18)28-12-17(11-21(28)30)22(31)25-23-27-26-20(33-23)14-32-13-16-5-3-2-4-6-16/h2-10,17H,11-14H2,1H3,(H,24,29)(H,25,27,31). The lowest BCUT2D eigenvalue weighted by atomic mass is 10.1. The molecule has 2 aromatic carbocycles. The van der Waals surface area contributed by atoms with Crippen LogP contribution in [0.3, 0.4) is 0 Å². The van der Waals surface area contributed by atoms with E-state index in [4.69, 9.17) is 0 Å². The van der Waals surface area contributed by atoms with Gasteiger partial charge in [-0.3, -0.25) is 14.4 Å². The van der Waals surface area contributed by atoms with E-state index >= 15 is 0 Å². The van der Waals surface area contributed by atoms with E-state index in [2.05, 4.69) is 33.0 Å². The molecular weight excluding hydrogens is 458 g/mol. The Morgan fingerprint density at radius 2 is 1.82 bits per heavy atom. The molecule has 1 fully saturated rings. The number of rotatable bonds is 8. The van der Waals surface area contributed by atoms with Crippen LogP contribution < -0.4 is 15.5 Å². The fourth-order valence-electron chi connectivity index (χ4n) is 3.46. The molecule has 1 unspecified atom stereocenters. The first kappa shape index (κ1) is 22.9. The van der Waals surface area contributed by atoms with Gasteiger partial charge in [0.1, 0.15) is 5.01 Å². The van der Waals surface area contributed by atoms with Gasteiger partial charge in [0.05, 0.1) is 5.92 Å². The summed E-state index contributed by atoms with van der Waals surface area (Å²) < 4.78 is 0. The van der Waals surface area contributed by atoms with Crippen LogP contribution >= 0.6 is 23.1 Å². The summed E-state index contributed by atoms with van der Waals surface area (Å²) in [4.78, 5) is 38.0. The Bertz CT molecular complexity index is 1130.